The lowest BCUT2D eigenvalue weighted by Gasteiger charge is -2.49. The fourth-order valence-corrected chi connectivity index (χ4v) is 7.57. The van der Waals surface area contributed by atoms with E-state index in [1.165, 1.54) is 0 Å². The summed E-state index contributed by atoms with van der Waals surface area (Å²) in [6.45, 7) is 8.50. The van der Waals surface area contributed by atoms with E-state index < -0.39 is 36.7 Å². The molecule has 3 aliphatic rings. The largest absolute Gasteiger partial charge is 0.443 e. The van der Waals surface area contributed by atoms with E-state index >= 15 is 0 Å². The summed E-state index contributed by atoms with van der Waals surface area (Å²) in [4.78, 5) is 15.4. The number of nitrogens with zero attached hydrogens (tertiary/aromatic N) is 1. The Kier molecular flexibility index (Phi) is 12.5. The summed E-state index contributed by atoms with van der Waals surface area (Å²) in [6, 6.07) is 39.7. The Morgan fingerprint density at radius 1 is 0.585 bits per heavy atom. The minimum atomic E-state index is -0.856. The molecule has 4 aromatic rings. The SMILES string of the molecule is CC1[C@H](C)OC(COCc2ccccc2)[C@@H](O[C@H]2OC(COCc3ccccc3)[C@@H](C)[C@@H]3OC(=O)N(Cc4ccccc4)C23)[C@H]1OCc1ccccc1. The summed E-state index contributed by atoms with van der Waals surface area (Å²) in [5, 5.41) is 0. The molecule has 10 atom stereocenters. The van der Waals surface area contributed by atoms with Gasteiger partial charge < -0.3 is 33.2 Å². The van der Waals surface area contributed by atoms with Gasteiger partial charge in [0.05, 0.1) is 51.3 Å². The number of carbonyl (C=O) groups excluding carboxylic acids is 1. The second-order valence-electron chi connectivity index (χ2n) is 14.5. The van der Waals surface area contributed by atoms with Gasteiger partial charge in [-0.15, -0.1) is 0 Å². The molecule has 0 radical (unpaired) electrons. The molecule has 0 saturated carbocycles. The molecule has 0 bridgehead atoms. The van der Waals surface area contributed by atoms with E-state index in [9.17, 15) is 4.79 Å². The van der Waals surface area contributed by atoms with Crippen LogP contribution in [0.15, 0.2) is 121 Å². The Bertz CT molecular complexity index is 1700. The first-order valence-corrected chi connectivity index (χ1v) is 18.8. The smallest absolute Gasteiger partial charge is 0.410 e. The van der Waals surface area contributed by atoms with Gasteiger partial charge >= 0.3 is 6.09 Å². The normalized spacial score (nSPS) is 29.8. The second kappa shape index (κ2) is 17.8. The van der Waals surface area contributed by atoms with Gasteiger partial charge in [0.2, 0.25) is 0 Å². The lowest BCUT2D eigenvalue weighted by atomic mass is 9.87. The highest BCUT2D eigenvalue weighted by Crippen LogP contribution is 2.40. The second-order valence-corrected chi connectivity index (χ2v) is 14.5. The van der Waals surface area contributed by atoms with Crippen molar-refractivity contribution in [2.24, 2.45) is 11.8 Å². The number of ether oxygens (including phenoxy) is 7. The zero-order chi connectivity index (χ0) is 36.6. The Labute approximate surface area is 313 Å². The van der Waals surface area contributed by atoms with Gasteiger partial charge in [0.1, 0.15) is 24.4 Å². The molecule has 0 aromatic heterocycles. The number of carbonyl (C=O) groups is 1. The standard InChI is InChI=1S/C44H51NO8/c1-30-32(3)50-38(29-48-26-35-20-12-6-13-21-35)42(41(30)49-27-36-22-14-7-15-23-36)52-43-39-40(53-44(46)45(39)24-33-16-8-4-9-17-33)31(2)37(51-43)28-47-25-34-18-10-5-11-19-34/h4-23,30-32,37-43H,24-29H2,1-3H3/t30?,31-,32+,37?,38?,39?,40+,41+,42-,43-/m1/s1. The molecule has 1 amide bonds. The summed E-state index contributed by atoms with van der Waals surface area (Å²) in [6.07, 6.45) is -3.66. The maximum atomic E-state index is 13.7. The summed E-state index contributed by atoms with van der Waals surface area (Å²) in [5.74, 6) is -0.170. The predicted molar refractivity (Wildman–Crippen MR) is 199 cm³/mol. The number of rotatable bonds is 15. The molecule has 0 N–H and O–H groups in total. The van der Waals surface area contributed by atoms with Crippen LogP contribution >= 0.6 is 0 Å². The molecule has 4 unspecified atom stereocenters. The molecule has 280 valence electrons. The van der Waals surface area contributed by atoms with Gasteiger partial charge in [-0.1, -0.05) is 135 Å². The molecule has 4 aromatic carbocycles. The minimum Gasteiger partial charge on any atom is -0.443 e. The monoisotopic (exact) mass is 721 g/mol. The third kappa shape index (κ3) is 9.18. The van der Waals surface area contributed by atoms with Crippen molar-refractivity contribution in [1.29, 1.82) is 0 Å². The third-order valence-electron chi connectivity index (χ3n) is 10.8. The molecular formula is C44H51NO8. The summed E-state index contributed by atoms with van der Waals surface area (Å²) < 4.78 is 46.2. The number of benzene rings is 4. The van der Waals surface area contributed by atoms with E-state index in [4.69, 9.17) is 33.2 Å². The fourth-order valence-electron chi connectivity index (χ4n) is 7.57. The van der Waals surface area contributed by atoms with Crippen LogP contribution in [0.5, 0.6) is 0 Å². The van der Waals surface area contributed by atoms with Crippen molar-refractivity contribution in [3.8, 4) is 0 Å². The van der Waals surface area contributed by atoms with E-state index in [2.05, 4.69) is 32.9 Å². The van der Waals surface area contributed by atoms with Crippen molar-refractivity contribution in [2.45, 2.75) is 96.1 Å². The summed E-state index contributed by atoms with van der Waals surface area (Å²) in [5.41, 5.74) is 4.20. The zero-order valence-corrected chi connectivity index (χ0v) is 30.8. The first-order valence-electron chi connectivity index (χ1n) is 18.8. The van der Waals surface area contributed by atoms with E-state index in [0.29, 0.717) is 33.0 Å². The van der Waals surface area contributed by atoms with Crippen LogP contribution in [0.1, 0.15) is 43.0 Å². The number of fused-ring (bicyclic) bond motifs is 1. The Balaban J connectivity index is 1.17. The van der Waals surface area contributed by atoms with Crippen molar-refractivity contribution in [2.75, 3.05) is 13.2 Å². The fraction of sp³-hybridized carbons (Fsp3) is 0.432. The zero-order valence-electron chi connectivity index (χ0n) is 30.8. The Morgan fingerprint density at radius 3 is 1.66 bits per heavy atom. The van der Waals surface area contributed by atoms with E-state index in [1.54, 1.807) is 4.90 Å². The van der Waals surface area contributed by atoms with Crippen molar-refractivity contribution in [3.63, 3.8) is 0 Å². The van der Waals surface area contributed by atoms with Gasteiger partial charge in [-0.25, -0.2) is 4.79 Å². The first kappa shape index (κ1) is 37.2. The lowest BCUT2D eigenvalue weighted by Crippen LogP contribution is -2.63. The van der Waals surface area contributed by atoms with Gasteiger partial charge in [-0.3, -0.25) is 4.90 Å². The van der Waals surface area contributed by atoms with Crippen molar-refractivity contribution in [1.82, 2.24) is 4.90 Å². The first-order chi connectivity index (χ1) is 25.9. The number of hydrogen-bond acceptors (Lipinski definition) is 8. The van der Waals surface area contributed by atoms with Crippen LogP contribution in [0.2, 0.25) is 0 Å². The molecule has 7 rings (SSSR count). The van der Waals surface area contributed by atoms with Crippen LogP contribution in [0, 0.1) is 11.8 Å². The molecule has 3 aliphatic heterocycles. The molecule has 53 heavy (non-hydrogen) atoms. The maximum absolute atomic E-state index is 13.7. The average molecular weight is 722 g/mol. The molecule has 9 nitrogen and oxygen atoms in total. The third-order valence-corrected chi connectivity index (χ3v) is 10.8. The minimum absolute atomic E-state index is 0.0146. The van der Waals surface area contributed by atoms with E-state index in [-0.39, 0.29) is 36.7 Å². The van der Waals surface area contributed by atoms with Crippen molar-refractivity contribution in [3.05, 3.63) is 144 Å². The van der Waals surface area contributed by atoms with Gasteiger partial charge in [0.15, 0.2) is 6.29 Å². The highest BCUT2D eigenvalue weighted by atomic mass is 16.7. The van der Waals surface area contributed by atoms with Gasteiger partial charge in [-0.05, 0) is 29.2 Å². The van der Waals surface area contributed by atoms with Crippen LogP contribution in [-0.4, -0.2) is 73.2 Å². The van der Waals surface area contributed by atoms with Gasteiger partial charge in [-0.2, -0.15) is 0 Å². The average Bonchev–Trinajstić information content (AvgIpc) is 3.52. The van der Waals surface area contributed by atoms with Crippen LogP contribution in [-0.2, 0) is 59.5 Å². The van der Waals surface area contributed by atoms with Crippen LogP contribution < -0.4 is 0 Å². The topological polar surface area (TPSA) is 84.9 Å². The highest BCUT2D eigenvalue weighted by Gasteiger charge is 2.57. The molecule has 0 spiro atoms. The summed E-state index contributed by atoms with van der Waals surface area (Å²) >= 11 is 0. The number of hydrogen-bond donors (Lipinski definition) is 0. The van der Waals surface area contributed by atoms with Crippen molar-refractivity contribution < 1.29 is 38.0 Å². The molecule has 9 heteroatoms. The van der Waals surface area contributed by atoms with Gasteiger partial charge in [0.25, 0.3) is 0 Å². The number of amides is 1. The molecule has 3 saturated heterocycles. The molecular weight excluding hydrogens is 670 g/mol. The molecule has 3 heterocycles. The summed E-state index contributed by atoms with van der Waals surface area (Å²) in [7, 11) is 0. The van der Waals surface area contributed by atoms with Crippen LogP contribution in [0.4, 0.5) is 4.79 Å². The Morgan fingerprint density at radius 2 is 1.09 bits per heavy atom. The van der Waals surface area contributed by atoms with E-state index in [0.717, 1.165) is 22.3 Å². The quantitative estimate of drug-likeness (QED) is 0.124. The van der Waals surface area contributed by atoms with Gasteiger partial charge in [0, 0.05) is 18.4 Å². The maximum Gasteiger partial charge on any atom is 0.410 e. The van der Waals surface area contributed by atoms with Crippen molar-refractivity contribution >= 4 is 6.09 Å². The predicted octanol–water partition coefficient (Wildman–Crippen LogP) is 7.56. The van der Waals surface area contributed by atoms with Crippen LogP contribution in [0.3, 0.4) is 0 Å². The molecule has 0 aliphatic carbocycles. The molecule has 3 fully saturated rings. The highest BCUT2D eigenvalue weighted by molar-refractivity contribution is 5.71. The van der Waals surface area contributed by atoms with Crippen LogP contribution in [0.25, 0.3) is 0 Å². The Hall–Kier alpha value is -4.09. The lowest BCUT2D eigenvalue weighted by molar-refractivity contribution is -0.317. The van der Waals surface area contributed by atoms with E-state index in [1.807, 2.05) is 109 Å².